The summed E-state index contributed by atoms with van der Waals surface area (Å²) in [7, 11) is 2.03. The second kappa shape index (κ2) is 5.98. The molecule has 2 rings (SSSR count). The normalized spacial score (nSPS) is 11.1. The van der Waals surface area contributed by atoms with E-state index in [0.29, 0.717) is 6.54 Å². The monoisotopic (exact) mass is 264 g/mol. The predicted molar refractivity (Wildman–Crippen MR) is 75.2 cm³/mol. The number of benzene rings is 1. The lowest BCUT2D eigenvalue weighted by molar-refractivity contribution is 0.332. The standard InChI is InChI=1S/C14H17FN2S/c1-17(8-7-12-5-3-9-18-12)10-11-4-2-6-13(15)14(11)16/h2-6,9H,7-8,10,16H2,1H3. The van der Waals surface area contributed by atoms with Gasteiger partial charge in [-0.3, -0.25) is 0 Å². The Morgan fingerprint density at radius 2 is 2.11 bits per heavy atom. The van der Waals surface area contributed by atoms with Crippen molar-refractivity contribution < 1.29 is 4.39 Å². The summed E-state index contributed by atoms with van der Waals surface area (Å²) < 4.78 is 13.3. The molecule has 0 radical (unpaired) electrons. The number of anilines is 1. The van der Waals surface area contributed by atoms with Gasteiger partial charge in [0.15, 0.2) is 0 Å². The molecule has 1 aromatic carbocycles. The third-order valence-electron chi connectivity index (χ3n) is 2.90. The number of rotatable bonds is 5. The Bertz CT molecular complexity index is 497. The highest BCUT2D eigenvalue weighted by Crippen LogP contribution is 2.17. The fraction of sp³-hybridized carbons (Fsp3) is 0.286. The molecule has 0 saturated carbocycles. The van der Waals surface area contributed by atoms with Gasteiger partial charge in [-0.15, -0.1) is 11.3 Å². The number of thiophene rings is 1. The lowest BCUT2D eigenvalue weighted by Gasteiger charge is -2.17. The molecule has 1 aromatic heterocycles. The molecule has 0 aliphatic rings. The van der Waals surface area contributed by atoms with Crippen LogP contribution in [0.1, 0.15) is 10.4 Å². The number of hydrogen-bond donors (Lipinski definition) is 1. The highest BCUT2D eigenvalue weighted by molar-refractivity contribution is 7.09. The van der Waals surface area contributed by atoms with E-state index < -0.39 is 0 Å². The second-order valence-corrected chi connectivity index (χ2v) is 5.41. The van der Waals surface area contributed by atoms with E-state index >= 15 is 0 Å². The molecule has 18 heavy (non-hydrogen) atoms. The van der Waals surface area contributed by atoms with Crippen LogP contribution in [0.25, 0.3) is 0 Å². The molecule has 0 unspecified atom stereocenters. The van der Waals surface area contributed by atoms with E-state index in [1.165, 1.54) is 10.9 Å². The summed E-state index contributed by atoms with van der Waals surface area (Å²) in [5.74, 6) is -0.334. The molecule has 2 aromatic rings. The van der Waals surface area contributed by atoms with Crippen molar-refractivity contribution >= 4 is 17.0 Å². The molecule has 0 amide bonds. The molecular formula is C14H17FN2S. The van der Waals surface area contributed by atoms with Crippen LogP contribution in [-0.2, 0) is 13.0 Å². The number of nitrogens with zero attached hydrogens (tertiary/aromatic N) is 1. The molecule has 0 aliphatic heterocycles. The lowest BCUT2D eigenvalue weighted by atomic mass is 10.1. The van der Waals surface area contributed by atoms with Gasteiger partial charge in [0.2, 0.25) is 0 Å². The van der Waals surface area contributed by atoms with Gasteiger partial charge in [-0.1, -0.05) is 18.2 Å². The Morgan fingerprint density at radius 1 is 1.28 bits per heavy atom. The van der Waals surface area contributed by atoms with Gasteiger partial charge < -0.3 is 10.6 Å². The van der Waals surface area contributed by atoms with Crippen LogP contribution >= 0.6 is 11.3 Å². The molecule has 0 bridgehead atoms. The molecule has 96 valence electrons. The maximum atomic E-state index is 13.3. The highest BCUT2D eigenvalue weighted by atomic mass is 32.1. The Morgan fingerprint density at radius 3 is 2.83 bits per heavy atom. The van der Waals surface area contributed by atoms with Gasteiger partial charge in [0.1, 0.15) is 5.82 Å². The zero-order valence-corrected chi connectivity index (χ0v) is 11.2. The first-order valence-corrected chi connectivity index (χ1v) is 6.78. The summed E-state index contributed by atoms with van der Waals surface area (Å²) >= 11 is 1.77. The maximum Gasteiger partial charge on any atom is 0.146 e. The third-order valence-corrected chi connectivity index (χ3v) is 3.84. The molecule has 0 atom stereocenters. The van der Waals surface area contributed by atoms with Crippen LogP contribution in [-0.4, -0.2) is 18.5 Å². The van der Waals surface area contributed by atoms with Crippen molar-refractivity contribution in [2.45, 2.75) is 13.0 Å². The van der Waals surface area contributed by atoms with E-state index in [4.69, 9.17) is 5.73 Å². The molecule has 0 fully saturated rings. The van der Waals surface area contributed by atoms with Crippen LogP contribution in [0.4, 0.5) is 10.1 Å². The number of nitrogens with two attached hydrogens (primary N) is 1. The van der Waals surface area contributed by atoms with Crippen molar-refractivity contribution in [3.8, 4) is 0 Å². The fourth-order valence-electron chi connectivity index (χ4n) is 1.85. The highest BCUT2D eigenvalue weighted by Gasteiger charge is 2.07. The summed E-state index contributed by atoms with van der Waals surface area (Å²) in [4.78, 5) is 3.53. The zero-order valence-electron chi connectivity index (χ0n) is 10.4. The summed E-state index contributed by atoms with van der Waals surface area (Å²) in [5, 5.41) is 2.08. The molecule has 4 heteroatoms. The average molecular weight is 264 g/mol. The number of halogens is 1. The summed E-state index contributed by atoms with van der Waals surface area (Å²) in [6, 6.07) is 9.16. The van der Waals surface area contributed by atoms with Gasteiger partial charge in [0.25, 0.3) is 0 Å². The topological polar surface area (TPSA) is 29.3 Å². The first-order valence-electron chi connectivity index (χ1n) is 5.90. The van der Waals surface area contributed by atoms with Crippen molar-refractivity contribution in [1.29, 1.82) is 0 Å². The van der Waals surface area contributed by atoms with Crippen LogP contribution < -0.4 is 5.73 Å². The number of likely N-dealkylation sites (N-methyl/N-ethyl adjacent to an activating group) is 1. The maximum absolute atomic E-state index is 13.3. The quantitative estimate of drug-likeness (QED) is 0.841. The van der Waals surface area contributed by atoms with E-state index in [-0.39, 0.29) is 11.5 Å². The van der Waals surface area contributed by atoms with Crippen LogP contribution in [0.5, 0.6) is 0 Å². The molecule has 2 N–H and O–H groups in total. The van der Waals surface area contributed by atoms with Crippen LogP contribution in [0.2, 0.25) is 0 Å². The molecule has 1 heterocycles. The van der Waals surface area contributed by atoms with Crippen LogP contribution in [0.3, 0.4) is 0 Å². The predicted octanol–water partition coefficient (Wildman–Crippen LogP) is 3.14. The smallest absolute Gasteiger partial charge is 0.146 e. The SMILES string of the molecule is CN(CCc1cccs1)Cc1cccc(F)c1N. The molecule has 0 saturated heterocycles. The minimum absolute atomic E-state index is 0.264. The summed E-state index contributed by atoms with van der Waals surface area (Å²) in [6.45, 7) is 1.62. The van der Waals surface area contributed by atoms with Crippen molar-refractivity contribution in [3.63, 3.8) is 0 Å². The lowest BCUT2D eigenvalue weighted by Crippen LogP contribution is -2.21. The average Bonchev–Trinajstić information content (AvgIpc) is 2.86. The Kier molecular flexibility index (Phi) is 4.33. The van der Waals surface area contributed by atoms with E-state index in [9.17, 15) is 4.39 Å². The van der Waals surface area contributed by atoms with Crippen LogP contribution in [0, 0.1) is 5.82 Å². The third kappa shape index (κ3) is 3.31. The van der Waals surface area contributed by atoms with Gasteiger partial charge in [-0.2, -0.15) is 0 Å². The van der Waals surface area contributed by atoms with E-state index in [2.05, 4.69) is 22.4 Å². The summed E-state index contributed by atoms with van der Waals surface area (Å²) in [5.41, 5.74) is 6.84. The van der Waals surface area contributed by atoms with Gasteiger partial charge in [0.05, 0.1) is 5.69 Å². The number of para-hydroxylation sites is 1. The number of nitrogen functional groups attached to an aromatic ring is 1. The first-order chi connectivity index (χ1) is 8.66. The Balaban J connectivity index is 1.90. The van der Waals surface area contributed by atoms with Gasteiger partial charge >= 0.3 is 0 Å². The molecule has 2 nitrogen and oxygen atoms in total. The fourth-order valence-corrected chi connectivity index (χ4v) is 2.54. The molecule has 0 spiro atoms. The van der Waals surface area contributed by atoms with E-state index in [1.807, 2.05) is 13.1 Å². The Labute approximate surface area is 111 Å². The van der Waals surface area contributed by atoms with E-state index in [1.54, 1.807) is 17.4 Å². The molecule has 0 aliphatic carbocycles. The van der Waals surface area contributed by atoms with Crippen molar-refractivity contribution in [1.82, 2.24) is 4.90 Å². The van der Waals surface area contributed by atoms with Crippen molar-refractivity contribution in [3.05, 3.63) is 52.0 Å². The minimum atomic E-state index is -0.334. The van der Waals surface area contributed by atoms with Gasteiger partial charge in [-0.05, 0) is 36.5 Å². The van der Waals surface area contributed by atoms with Crippen molar-refractivity contribution in [2.75, 3.05) is 19.3 Å². The van der Waals surface area contributed by atoms with Gasteiger partial charge in [-0.25, -0.2) is 4.39 Å². The number of hydrogen-bond acceptors (Lipinski definition) is 3. The minimum Gasteiger partial charge on any atom is -0.396 e. The van der Waals surface area contributed by atoms with Crippen LogP contribution in [0.15, 0.2) is 35.7 Å². The van der Waals surface area contributed by atoms with E-state index in [0.717, 1.165) is 18.5 Å². The second-order valence-electron chi connectivity index (χ2n) is 4.38. The largest absolute Gasteiger partial charge is 0.396 e. The van der Waals surface area contributed by atoms with Crippen molar-refractivity contribution in [2.24, 2.45) is 0 Å². The molecular weight excluding hydrogens is 247 g/mol. The van der Waals surface area contributed by atoms with Gasteiger partial charge in [0, 0.05) is 18.0 Å². The zero-order chi connectivity index (χ0) is 13.0. The first kappa shape index (κ1) is 13.1. The summed E-state index contributed by atoms with van der Waals surface area (Å²) in [6.07, 6.45) is 1.02. The Hall–Kier alpha value is -1.39.